The predicted octanol–water partition coefficient (Wildman–Crippen LogP) is 12.7. The summed E-state index contributed by atoms with van der Waals surface area (Å²) in [4.78, 5) is 12.5. The summed E-state index contributed by atoms with van der Waals surface area (Å²) in [6.07, 6.45) is 47.0. The lowest BCUT2D eigenvalue weighted by atomic mass is 10.0. The Labute approximate surface area is 311 Å². The Bertz CT molecular complexity index is 888. The van der Waals surface area contributed by atoms with E-state index in [9.17, 15) is 22.9 Å². The molecule has 0 aromatic carbocycles. The normalized spacial score (nSPS) is 13.4. The molecule has 6 nitrogen and oxygen atoms in total. The van der Waals surface area contributed by atoms with E-state index in [1.165, 1.54) is 154 Å². The number of carbonyl (C=O) groups excluding carboxylic acids is 1. The van der Waals surface area contributed by atoms with Gasteiger partial charge in [-0.05, 0) is 44.9 Å². The second kappa shape index (κ2) is 37.6. The van der Waals surface area contributed by atoms with Crippen molar-refractivity contribution >= 4 is 16.0 Å². The summed E-state index contributed by atoms with van der Waals surface area (Å²) in [5, 5.41) is 13.3. The van der Waals surface area contributed by atoms with Crippen LogP contribution in [0, 0.1) is 0 Å². The molecule has 0 aromatic heterocycles. The van der Waals surface area contributed by atoms with Crippen LogP contribution in [0.1, 0.15) is 226 Å². The SMILES string of the molecule is CCCCCCC/C=C\C/C=C\CCCCCCCCCCCCCC(=O)NC(CS(=O)(=O)O)C(O)CCCCCCCCCCCCCC. The summed E-state index contributed by atoms with van der Waals surface area (Å²) in [5.41, 5.74) is 0. The number of unbranched alkanes of at least 4 members (excludes halogenated alkanes) is 27. The third kappa shape index (κ3) is 38.1. The van der Waals surface area contributed by atoms with Crippen LogP contribution in [0.3, 0.4) is 0 Å². The Kier molecular flexibility index (Phi) is 36.7. The largest absolute Gasteiger partial charge is 0.391 e. The molecule has 50 heavy (non-hydrogen) atoms. The summed E-state index contributed by atoms with van der Waals surface area (Å²) in [6.45, 7) is 4.51. The van der Waals surface area contributed by atoms with Crippen molar-refractivity contribution in [1.29, 1.82) is 0 Å². The molecule has 2 unspecified atom stereocenters. The third-order valence-electron chi connectivity index (χ3n) is 9.91. The fraction of sp³-hybridized carbons (Fsp3) is 0.884. The first kappa shape index (κ1) is 48.8. The van der Waals surface area contributed by atoms with Crippen LogP contribution in [0.4, 0.5) is 0 Å². The molecule has 0 bridgehead atoms. The van der Waals surface area contributed by atoms with Crippen molar-refractivity contribution in [3.8, 4) is 0 Å². The number of rotatable bonds is 39. The molecule has 0 radical (unpaired) electrons. The van der Waals surface area contributed by atoms with Crippen LogP contribution in [-0.4, -0.2) is 41.9 Å². The van der Waals surface area contributed by atoms with Crippen molar-refractivity contribution in [3.05, 3.63) is 24.3 Å². The molecule has 0 saturated carbocycles. The summed E-state index contributed by atoms with van der Waals surface area (Å²) in [5.74, 6) is -0.893. The summed E-state index contributed by atoms with van der Waals surface area (Å²) in [6, 6.07) is -0.969. The Balaban J connectivity index is 3.78. The lowest BCUT2D eigenvalue weighted by Gasteiger charge is -2.23. The molecule has 0 heterocycles. The molecule has 0 aliphatic rings. The van der Waals surface area contributed by atoms with Crippen molar-refractivity contribution in [2.75, 3.05) is 5.75 Å². The van der Waals surface area contributed by atoms with Crippen LogP contribution in [0.25, 0.3) is 0 Å². The third-order valence-corrected chi connectivity index (χ3v) is 10.7. The molecule has 0 fully saturated rings. The first-order chi connectivity index (χ1) is 24.3. The number of nitrogens with one attached hydrogen (secondary N) is 1. The molecule has 0 aliphatic carbocycles. The Morgan fingerprint density at radius 3 is 1.30 bits per heavy atom. The molecule has 0 spiro atoms. The molecule has 2 atom stereocenters. The quantitative estimate of drug-likeness (QED) is 0.0332. The van der Waals surface area contributed by atoms with Gasteiger partial charge in [-0.15, -0.1) is 0 Å². The van der Waals surface area contributed by atoms with Gasteiger partial charge in [0.2, 0.25) is 5.91 Å². The number of carbonyl (C=O) groups is 1. The zero-order valence-electron chi connectivity index (χ0n) is 33.0. The number of allylic oxidation sites excluding steroid dienone is 4. The summed E-state index contributed by atoms with van der Waals surface area (Å²) < 4.78 is 32.5. The van der Waals surface area contributed by atoms with Crippen molar-refractivity contribution < 1.29 is 22.9 Å². The molecule has 1 amide bonds. The Morgan fingerprint density at radius 2 is 0.900 bits per heavy atom. The van der Waals surface area contributed by atoms with Gasteiger partial charge in [0.1, 0.15) is 0 Å². The standard InChI is InChI=1S/C43H83NO5S/c1-3-5-7-9-11-13-15-17-18-19-20-21-22-23-24-25-26-27-29-31-33-35-37-39-43(46)44-41(40-50(47,48)49)42(45)38-36-34-32-30-28-16-14-12-10-8-6-4-2/h15,17,19-20,41-42,45H,3-14,16,18,21-40H2,1-2H3,(H,44,46)(H,47,48,49)/b17-15-,20-19-. The van der Waals surface area contributed by atoms with E-state index in [4.69, 9.17) is 0 Å². The molecule has 0 aliphatic heterocycles. The zero-order chi connectivity index (χ0) is 36.8. The second-order valence-electron chi connectivity index (χ2n) is 15.0. The van der Waals surface area contributed by atoms with Gasteiger partial charge in [0.15, 0.2) is 0 Å². The fourth-order valence-electron chi connectivity index (χ4n) is 6.66. The second-order valence-corrected chi connectivity index (χ2v) is 16.5. The number of amides is 1. The van der Waals surface area contributed by atoms with Crippen LogP contribution < -0.4 is 5.32 Å². The van der Waals surface area contributed by atoms with Crippen LogP contribution in [0.2, 0.25) is 0 Å². The van der Waals surface area contributed by atoms with Crippen molar-refractivity contribution in [2.45, 2.75) is 238 Å². The molecular weight excluding hydrogens is 643 g/mol. The van der Waals surface area contributed by atoms with Crippen molar-refractivity contribution in [3.63, 3.8) is 0 Å². The van der Waals surface area contributed by atoms with Crippen LogP contribution in [0.5, 0.6) is 0 Å². The Hall–Kier alpha value is -1.18. The first-order valence-corrected chi connectivity index (χ1v) is 23.1. The van der Waals surface area contributed by atoms with Gasteiger partial charge < -0.3 is 10.4 Å². The summed E-state index contributed by atoms with van der Waals surface area (Å²) >= 11 is 0. The van der Waals surface area contributed by atoms with E-state index in [1.807, 2.05) is 0 Å². The van der Waals surface area contributed by atoms with Crippen LogP contribution in [0.15, 0.2) is 24.3 Å². The Morgan fingerprint density at radius 1 is 0.540 bits per heavy atom. The molecule has 0 aromatic rings. The number of hydrogen-bond donors (Lipinski definition) is 3. The van der Waals surface area contributed by atoms with Gasteiger partial charge >= 0.3 is 0 Å². The number of aliphatic hydroxyl groups excluding tert-OH is 1. The topological polar surface area (TPSA) is 104 Å². The van der Waals surface area contributed by atoms with Crippen LogP contribution in [-0.2, 0) is 14.9 Å². The molecule has 296 valence electrons. The average molecular weight is 726 g/mol. The van der Waals surface area contributed by atoms with E-state index in [0.29, 0.717) is 12.8 Å². The fourth-order valence-corrected chi connectivity index (χ4v) is 7.42. The minimum atomic E-state index is -4.31. The molecule has 0 rings (SSSR count). The number of aliphatic hydroxyl groups is 1. The average Bonchev–Trinajstić information content (AvgIpc) is 3.08. The monoisotopic (exact) mass is 726 g/mol. The van der Waals surface area contributed by atoms with E-state index in [2.05, 4.69) is 43.5 Å². The molecule has 3 N–H and O–H groups in total. The minimum absolute atomic E-state index is 0.247. The van der Waals surface area contributed by atoms with Crippen molar-refractivity contribution in [1.82, 2.24) is 5.32 Å². The molecular formula is C43H83NO5S. The van der Waals surface area contributed by atoms with E-state index in [-0.39, 0.29) is 5.91 Å². The highest BCUT2D eigenvalue weighted by atomic mass is 32.2. The van der Waals surface area contributed by atoms with Gasteiger partial charge in [-0.3, -0.25) is 9.35 Å². The maximum Gasteiger partial charge on any atom is 0.266 e. The lowest BCUT2D eigenvalue weighted by molar-refractivity contribution is -0.122. The molecule has 0 saturated heterocycles. The summed E-state index contributed by atoms with van der Waals surface area (Å²) in [7, 11) is -4.31. The lowest BCUT2D eigenvalue weighted by Crippen LogP contribution is -2.47. The van der Waals surface area contributed by atoms with E-state index in [0.717, 1.165) is 44.9 Å². The van der Waals surface area contributed by atoms with E-state index < -0.39 is 28.0 Å². The van der Waals surface area contributed by atoms with Gasteiger partial charge in [-0.2, -0.15) is 8.42 Å². The maximum atomic E-state index is 12.5. The first-order valence-electron chi connectivity index (χ1n) is 21.5. The highest BCUT2D eigenvalue weighted by Gasteiger charge is 2.26. The van der Waals surface area contributed by atoms with Gasteiger partial charge in [0, 0.05) is 6.42 Å². The maximum absolute atomic E-state index is 12.5. The highest BCUT2D eigenvalue weighted by Crippen LogP contribution is 2.16. The van der Waals surface area contributed by atoms with E-state index >= 15 is 0 Å². The minimum Gasteiger partial charge on any atom is -0.391 e. The van der Waals surface area contributed by atoms with E-state index in [1.54, 1.807) is 0 Å². The van der Waals surface area contributed by atoms with Gasteiger partial charge in [-0.25, -0.2) is 0 Å². The predicted molar refractivity (Wildman–Crippen MR) is 216 cm³/mol. The zero-order valence-corrected chi connectivity index (χ0v) is 33.8. The van der Waals surface area contributed by atoms with Gasteiger partial charge in [0.05, 0.1) is 17.9 Å². The van der Waals surface area contributed by atoms with Gasteiger partial charge in [0.25, 0.3) is 10.1 Å². The van der Waals surface area contributed by atoms with Gasteiger partial charge in [-0.1, -0.05) is 199 Å². The van der Waals surface area contributed by atoms with Crippen molar-refractivity contribution in [2.24, 2.45) is 0 Å². The number of hydrogen-bond acceptors (Lipinski definition) is 4. The molecule has 7 heteroatoms. The highest BCUT2D eigenvalue weighted by molar-refractivity contribution is 7.85. The van der Waals surface area contributed by atoms with Crippen LogP contribution >= 0.6 is 0 Å². The smallest absolute Gasteiger partial charge is 0.266 e.